The number of carbonyl (C=O) groups is 1. The van der Waals surface area contributed by atoms with Crippen molar-refractivity contribution in [1.82, 2.24) is 10.2 Å². The van der Waals surface area contributed by atoms with Crippen LogP contribution in [0.1, 0.15) is 16.7 Å². The highest BCUT2D eigenvalue weighted by molar-refractivity contribution is 5.91. The van der Waals surface area contributed by atoms with Gasteiger partial charge in [0.15, 0.2) is 5.82 Å². The molecular formula is C20H19FN4O. The maximum Gasteiger partial charge on any atom is 0.229 e. The van der Waals surface area contributed by atoms with E-state index in [4.69, 9.17) is 0 Å². The highest BCUT2D eigenvalue weighted by Gasteiger charge is 2.06. The van der Waals surface area contributed by atoms with Crippen LogP contribution < -0.4 is 10.6 Å². The molecule has 0 saturated carbocycles. The quantitative estimate of drug-likeness (QED) is 0.711. The number of carbonyl (C=O) groups excluding carboxylic acids is 1. The Balaban J connectivity index is 1.53. The van der Waals surface area contributed by atoms with E-state index in [1.165, 1.54) is 23.3 Å². The third kappa shape index (κ3) is 4.86. The van der Waals surface area contributed by atoms with E-state index in [1.54, 1.807) is 24.3 Å². The molecule has 0 aliphatic heterocycles. The molecular weight excluding hydrogens is 331 g/mol. The Morgan fingerprint density at radius 1 is 0.962 bits per heavy atom. The minimum absolute atomic E-state index is 0.148. The molecule has 0 spiro atoms. The van der Waals surface area contributed by atoms with Gasteiger partial charge in [-0.1, -0.05) is 36.4 Å². The SMILES string of the molecule is Cc1ccccc1CNc1ccc(NC(=O)Cc2ccc(F)cc2)nn1. The maximum atomic E-state index is 12.9. The van der Waals surface area contributed by atoms with Crippen molar-refractivity contribution in [3.8, 4) is 0 Å². The first-order valence-corrected chi connectivity index (χ1v) is 8.26. The fourth-order valence-corrected chi connectivity index (χ4v) is 2.46. The summed E-state index contributed by atoms with van der Waals surface area (Å²) in [6.07, 6.45) is 0.148. The molecule has 132 valence electrons. The van der Waals surface area contributed by atoms with E-state index >= 15 is 0 Å². The lowest BCUT2D eigenvalue weighted by molar-refractivity contribution is -0.115. The van der Waals surface area contributed by atoms with E-state index in [-0.39, 0.29) is 18.1 Å². The summed E-state index contributed by atoms with van der Waals surface area (Å²) in [4.78, 5) is 12.0. The lowest BCUT2D eigenvalue weighted by Crippen LogP contribution is -2.16. The average Bonchev–Trinajstić information content (AvgIpc) is 2.64. The van der Waals surface area contributed by atoms with E-state index < -0.39 is 0 Å². The number of aromatic nitrogens is 2. The molecule has 3 aromatic rings. The molecule has 2 aromatic carbocycles. The van der Waals surface area contributed by atoms with Crippen LogP contribution in [0.2, 0.25) is 0 Å². The second-order valence-electron chi connectivity index (χ2n) is 5.94. The van der Waals surface area contributed by atoms with Crippen LogP contribution in [0.5, 0.6) is 0 Å². The second kappa shape index (κ2) is 8.20. The molecule has 2 N–H and O–H groups in total. The summed E-state index contributed by atoms with van der Waals surface area (Å²) in [7, 11) is 0. The van der Waals surface area contributed by atoms with Crippen LogP contribution >= 0.6 is 0 Å². The van der Waals surface area contributed by atoms with Gasteiger partial charge in [-0.25, -0.2) is 4.39 Å². The first-order chi connectivity index (χ1) is 12.6. The monoisotopic (exact) mass is 350 g/mol. The molecule has 0 unspecified atom stereocenters. The largest absolute Gasteiger partial charge is 0.364 e. The average molecular weight is 350 g/mol. The van der Waals surface area contributed by atoms with E-state index in [0.29, 0.717) is 18.2 Å². The Bertz CT molecular complexity index is 879. The lowest BCUT2D eigenvalue weighted by atomic mass is 10.1. The van der Waals surface area contributed by atoms with Gasteiger partial charge in [0, 0.05) is 6.54 Å². The fourth-order valence-electron chi connectivity index (χ4n) is 2.46. The van der Waals surface area contributed by atoms with Crippen LogP contribution in [-0.2, 0) is 17.8 Å². The van der Waals surface area contributed by atoms with Gasteiger partial charge in [0.05, 0.1) is 6.42 Å². The zero-order valence-electron chi connectivity index (χ0n) is 14.4. The number of hydrogen-bond donors (Lipinski definition) is 2. The van der Waals surface area contributed by atoms with Gasteiger partial charge in [0.2, 0.25) is 5.91 Å². The molecule has 1 amide bonds. The first kappa shape index (κ1) is 17.5. The smallest absolute Gasteiger partial charge is 0.229 e. The number of anilines is 2. The molecule has 0 radical (unpaired) electrons. The van der Waals surface area contributed by atoms with Crippen LogP contribution in [0, 0.1) is 12.7 Å². The van der Waals surface area contributed by atoms with Gasteiger partial charge in [0.1, 0.15) is 11.6 Å². The summed E-state index contributed by atoms with van der Waals surface area (Å²) < 4.78 is 12.9. The molecule has 1 heterocycles. The van der Waals surface area contributed by atoms with Crippen LogP contribution in [0.15, 0.2) is 60.7 Å². The van der Waals surface area contributed by atoms with Crippen molar-refractivity contribution in [2.45, 2.75) is 19.9 Å². The highest BCUT2D eigenvalue weighted by atomic mass is 19.1. The fraction of sp³-hybridized carbons (Fsp3) is 0.150. The lowest BCUT2D eigenvalue weighted by Gasteiger charge is -2.08. The van der Waals surface area contributed by atoms with Gasteiger partial charge in [0.25, 0.3) is 0 Å². The first-order valence-electron chi connectivity index (χ1n) is 8.26. The van der Waals surface area contributed by atoms with Gasteiger partial charge in [-0.3, -0.25) is 4.79 Å². The number of aryl methyl sites for hydroxylation is 1. The minimum Gasteiger partial charge on any atom is -0.364 e. The third-order valence-electron chi connectivity index (χ3n) is 3.93. The summed E-state index contributed by atoms with van der Waals surface area (Å²) in [5.41, 5.74) is 3.12. The topological polar surface area (TPSA) is 66.9 Å². The van der Waals surface area contributed by atoms with Crippen molar-refractivity contribution < 1.29 is 9.18 Å². The predicted octanol–water partition coefficient (Wildman–Crippen LogP) is 3.72. The Hall–Kier alpha value is -3.28. The van der Waals surface area contributed by atoms with Gasteiger partial charge in [-0.15, -0.1) is 10.2 Å². The van der Waals surface area contributed by atoms with Crippen molar-refractivity contribution in [2.24, 2.45) is 0 Å². The molecule has 0 fully saturated rings. The Morgan fingerprint density at radius 3 is 2.35 bits per heavy atom. The molecule has 0 aliphatic rings. The van der Waals surface area contributed by atoms with E-state index in [1.807, 2.05) is 12.1 Å². The molecule has 3 rings (SSSR count). The Labute approximate surface area is 151 Å². The summed E-state index contributed by atoms with van der Waals surface area (Å²) >= 11 is 0. The number of benzene rings is 2. The van der Waals surface area contributed by atoms with E-state index in [9.17, 15) is 9.18 Å². The van der Waals surface area contributed by atoms with Crippen LogP contribution in [-0.4, -0.2) is 16.1 Å². The highest BCUT2D eigenvalue weighted by Crippen LogP contribution is 2.12. The summed E-state index contributed by atoms with van der Waals surface area (Å²) in [5, 5.41) is 14.0. The number of halogens is 1. The number of nitrogens with one attached hydrogen (secondary N) is 2. The van der Waals surface area contributed by atoms with Crippen LogP contribution in [0.3, 0.4) is 0 Å². The van der Waals surface area contributed by atoms with Crippen LogP contribution in [0.25, 0.3) is 0 Å². The molecule has 5 nitrogen and oxygen atoms in total. The van der Waals surface area contributed by atoms with Gasteiger partial charge < -0.3 is 10.6 Å². The maximum absolute atomic E-state index is 12.9. The minimum atomic E-state index is -0.325. The zero-order valence-corrected chi connectivity index (χ0v) is 14.4. The Morgan fingerprint density at radius 2 is 1.65 bits per heavy atom. The van der Waals surface area contributed by atoms with Crippen molar-refractivity contribution >= 4 is 17.5 Å². The normalized spacial score (nSPS) is 10.4. The summed E-state index contributed by atoms with van der Waals surface area (Å²) in [6, 6.07) is 17.4. The molecule has 0 aliphatic carbocycles. The van der Waals surface area contributed by atoms with Crippen LogP contribution in [0.4, 0.5) is 16.0 Å². The van der Waals surface area contributed by atoms with Gasteiger partial charge in [-0.05, 0) is 47.9 Å². The standard InChI is InChI=1S/C20H19FN4O/c1-14-4-2-3-5-16(14)13-22-18-10-11-19(25-24-18)23-20(26)12-15-6-8-17(21)9-7-15/h2-11H,12-13H2,1H3,(H,22,24)(H,23,25,26). The number of nitrogens with zero attached hydrogens (tertiary/aromatic N) is 2. The summed E-state index contributed by atoms with van der Waals surface area (Å²) in [6.45, 7) is 2.71. The predicted molar refractivity (Wildman–Crippen MR) is 99.3 cm³/mol. The molecule has 26 heavy (non-hydrogen) atoms. The Kier molecular flexibility index (Phi) is 5.53. The molecule has 0 bridgehead atoms. The summed E-state index contributed by atoms with van der Waals surface area (Å²) in [5.74, 6) is 0.448. The number of amides is 1. The second-order valence-corrected chi connectivity index (χ2v) is 5.94. The third-order valence-corrected chi connectivity index (χ3v) is 3.93. The van der Waals surface area contributed by atoms with Crippen molar-refractivity contribution in [1.29, 1.82) is 0 Å². The number of hydrogen-bond acceptors (Lipinski definition) is 4. The zero-order chi connectivity index (χ0) is 18.4. The van der Waals surface area contributed by atoms with E-state index in [2.05, 4.69) is 39.9 Å². The van der Waals surface area contributed by atoms with Gasteiger partial charge in [-0.2, -0.15) is 0 Å². The number of rotatable bonds is 6. The molecule has 0 atom stereocenters. The van der Waals surface area contributed by atoms with Crippen molar-refractivity contribution in [3.63, 3.8) is 0 Å². The van der Waals surface area contributed by atoms with Crippen molar-refractivity contribution in [2.75, 3.05) is 10.6 Å². The molecule has 1 aromatic heterocycles. The van der Waals surface area contributed by atoms with Crippen molar-refractivity contribution in [3.05, 3.63) is 83.2 Å². The molecule has 6 heteroatoms. The van der Waals surface area contributed by atoms with E-state index in [0.717, 1.165) is 5.56 Å². The van der Waals surface area contributed by atoms with Gasteiger partial charge >= 0.3 is 0 Å². The molecule has 0 saturated heterocycles.